The normalized spacial score (nSPS) is 11.4. The third-order valence-corrected chi connectivity index (χ3v) is 3.01. The quantitative estimate of drug-likeness (QED) is 0.613. The molecule has 0 aliphatic carbocycles. The first-order valence-electron chi connectivity index (χ1n) is 4.75. The Kier molecular flexibility index (Phi) is 2.06. The highest BCUT2D eigenvalue weighted by Gasteiger charge is 2.10. The van der Waals surface area contributed by atoms with Crippen molar-refractivity contribution in [3.63, 3.8) is 0 Å². The molecule has 3 nitrogen and oxygen atoms in total. The molecule has 0 unspecified atom stereocenters. The zero-order valence-electron chi connectivity index (χ0n) is 8.41. The summed E-state index contributed by atoms with van der Waals surface area (Å²) in [5.74, 6) is 0. The van der Waals surface area contributed by atoms with Crippen LogP contribution in [0.2, 0.25) is 10.2 Å². The second kappa shape index (κ2) is 3.34. The van der Waals surface area contributed by atoms with Crippen molar-refractivity contribution < 1.29 is 0 Å². The molecule has 0 saturated carbocycles. The zero-order chi connectivity index (χ0) is 11.3. The van der Waals surface area contributed by atoms with Gasteiger partial charge in [-0.2, -0.15) is 0 Å². The second-order valence-electron chi connectivity index (χ2n) is 3.59. The van der Waals surface area contributed by atoms with Crippen LogP contribution in [-0.4, -0.2) is 14.4 Å². The van der Waals surface area contributed by atoms with Crippen LogP contribution in [0, 0.1) is 6.92 Å². The highest BCUT2D eigenvalue weighted by Crippen LogP contribution is 2.24. The summed E-state index contributed by atoms with van der Waals surface area (Å²) in [6, 6.07) is 5.51. The Morgan fingerprint density at radius 2 is 2.06 bits per heavy atom. The van der Waals surface area contributed by atoms with Crippen molar-refractivity contribution >= 4 is 39.9 Å². The summed E-state index contributed by atoms with van der Waals surface area (Å²) in [6.07, 6.45) is 1.77. The van der Waals surface area contributed by atoms with Crippen molar-refractivity contribution in [3.05, 3.63) is 40.3 Å². The van der Waals surface area contributed by atoms with E-state index < -0.39 is 0 Å². The summed E-state index contributed by atoms with van der Waals surface area (Å²) in [5.41, 5.74) is 3.39. The number of halogens is 2. The molecular formula is C11H7Cl2N3. The number of nitrogens with zero attached hydrogens (tertiary/aromatic N) is 3. The van der Waals surface area contributed by atoms with E-state index in [0.717, 1.165) is 16.7 Å². The van der Waals surface area contributed by atoms with Crippen LogP contribution in [0.25, 0.3) is 16.7 Å². The van der Waals surface area contributed by atoms with Crippen molar-refractivity contribution in [3.8, 4) is 0 Å². The minimum atomic E-state index is 0.405. The van der Waals surface area contributed by atoms with E-state index in [2.05, 4.69) is 9.97 Å². The van der Waals surface area contributed by atoms with Crippen LogP contribution in [0.3, 0.4) is 0 Å². The molecule has 1 aromatic carbocycles. The first kappa shape index (κ1) is 9.87. The van der Waals surface area contributed by atoms with E-state index in [4.69, 9.17) is 23.2 Å². The minimum Gasteiger partial charge on any atom is -0.293 e. The third-order valence-electron chi connectivity index (χ3n) is 2.52. The minimum absolute atomic E-state index is 0.405. The van der Waals surface area contributed by atoms with Gasteiger partial charge in [-0.25, -0.2) is 9.97 Å². The zero-order valence-corrected chi connectivity index (χ0v) is 9.92. The van der Waals surface area contributed by atoms with Crippen LogP contribution in [0.15, 0.2) is 24.4 Å². The van der Waals surface area contributed by atoms with Gasteiger partial charge in [0.25, 0.3) is 0 Å². The highest BCUT2D eigenvalue weighted by atomic mass is 35.5. The molecule has 3 aromatic rings. The second-order valence-corrected chi connectivity index (χ2v) is 4.39. The summed E-state index contributed by atoms with van der Waals surface area (Å²) in [4.78, 5) is 8.50. The molecule has 0 aliphatic heterocycles. The van der Waals surface area contributed by atoms with Crippen LogP contribution in [0.5, 0.6) is 0 Å². The summed E-state index contributed by atoms with van der Waals surface area (Å²) >= 11 is 12.0. The number of fused-ring (bicyclic) bond motifs is 3. The van der Waals surface area contributed by atoms with Crippen molar-refractivity contribution in [2.24, 2.45) is 0 Å². The molecule has 80 valence electrons. The van der Waals surface area contributed by atoms with Gasteiger partial charge in [0.1, 0.15) is 0 Å². The molecule has 2 heterocycles. The molecule has 3 rings (SSSR count). The van der Waals surface area contributed by atoms with Gasteiger partial charge in [0, 0.05) is 16.9 Å². The molecule has 0 bridgehead atoms. The van der Waals surface area contributed by atoms with Gasteiger partial charge < -0.3 is 0 Å². The molecule has 0 fully saturated rings. The number of aromatic nitrogens is 3. The predicted molar refractivity (Wildman–Crippen MR) is 65.3 cm³/mol. The van der Waals surface area contributed by atoms with Gasteiger partial charge in [-0.15, -0.1) is 0 Å². The van der Waals surface area contributed by atoms with Gasteiger partial charge in [-0.05, 0) is 25.1 Å². The van der Waals surface area contributed by atoms with Crippen LogP contribution in [-0.2, 0) is 0 Å². The summed E-state index contributed by atoms with van der Waals surface area (Å²) in [7, 11) is 0. The van der Waals surface area contributed by atoms with E-state index in [1.54, 1.807) is 12.3 Å². The van der Waals surface area contributed by atoms with Crippen LogP contribution in [0.1, 0.15) is 5.69 Å². The van der Waals surface area contributed by atoms with E-state index in [1.165, 1.54) is 0 Å². The molecule has 0 aliphatic rings. The Bertz CT molecular complexity index is 703. The van der Waals surface area contributed by atoms with Crippen molar-refractivity contribution in [2.75, 3.05) is 0 Å². The Morgan fingerprint density at radius 1 is 1.25 bits per heavy atom. The van der Waals surface area contributed by atoms with Gasteiger partial charge in [-0.1, -0.05) is 23.2 Å². The first-order valence-corrected chi connectivity index (χ1v) is 5.51. The molecule has 0 spiro atoms. The molecular weight excluding hydrogens is 245 g/mol. The van der Waals surface area contributed by atoms with Crippen LogP contribution in [0.4, 0.5) is 0 Å². The van der Waals surface area contributed by atoms with Crippen molar-refractivity contribution in [2.45, 2.75) is 6.92 Å². The SMILES string of the molecule is Cc1cnc2c(Cl)nc3ccc(Cl)cc3n12. The number of rotatable bonds is 0. The maximum atomic E-state index is 6.06. The Labute approximate surface area is 102 Å². The van der Waals surface area contributed by atoms with Crippen molar-refractivity contribution in [1.82, 2.24) is 14.4 Å². The fraction of sp³-hybridized carbons (Fsp3) is 0.0909. The summed E-state index contributed by atoms with van der Waals surface area (Å²) in [5, 5.41) is 1.08. The van der Waals surface area contributed by atoms with E-state index in [1.807, 2.05) is 23.5 Å². The fourth-order valence-corrected chi connectivity index (χ4v) is 2.20. The van der Waals surface area contributed by atoms with E-state index in [0.29, 0.717) is 15.8 Å². The van der Waals surface area contributed by atoms with Crippen LogP contribution < -0.4 is 0 Å². The molecule has 2 aromatic heterocycles. The average Bonchev–Trinajstić information content (AvgIpc) is 2.63. The largest absolute Gasteiger partial charge is 0.293 e. The smallest absolute Gasteiger partial charge is 0.175 e. The summed E-state index contributed by atoms with van der Waals surface area (Å²) in [6.45, 7) is 1.97. The van der Waals surface area contributed by atoms with E-state index in [9.17, 15) is 0 Å². The molecule has 0 amide bonds. The number of hydrogen-bond donors (Lipinski definition) is 0. The topological polar surface area (TPSA) is 30.2 Å². The lowest BCUT2D eigenvalue weighted by Crippen LogP contribution is -1.94. The Balaban J connectivity index is 2.64. The molecule has 5 heteroatoms. The molecule has 16 heavy (non-hydrogen) atoms. The average molecular weight is 252 g/mol. The maximum absolute atomic E-state index is 6.06. The first-order chi connectivity index (χ1) is 7.66. The van der Waals surface area contributed by atoms with Crippen LogP contribution >= 0.6 is 23.2 Å². The van der Waals surface area contributed by atoms with E-state index >= 15 is 0 Å². The van der Waals surface area contributed by atoms with Gasteiger partial charge >= 0.3 is 0 Å². The molecule has 0 saturated heterocycles. The van der Waals surface area contributed by atoms with E-state index in [-0.39, 0.29) is 0 Å². The molecule has 0 radical (unpaired) electrons. The highest BCUT2D eigenvalue weighted by molar-refractivity contribution is 6.33. The summed E-state index contributed by atoms with van der Waals surface area (Å²) < 4.78 is 1.95. The monoisotopic (exact) mass is 251 g/mol. The lowest BCUT2D eigenvalue weighted by Gasteiger charge is -2.05. The number of benzene rings is 1. The van der Waals surface area contributed by atoms with Crippen molar-refractivity contribution in [1.29, 1.82) is 0 Å². The van der Waals surface area contributed by atoms with Gasteiger partial charge in [0.05, 0.1) is 11.0 Å². The Hall–Kier alpha value is -1.32. The number of imidazole rings is 1. The molecule has 0 N–H and O–H groups in total. The van der Waals surface area contributed by atoms with Gasteiger partial charge in [-0.3, -0.25) is 4.40 Å². The number of hydrogen-bond acceptors (Lipinski definition) is 2. The van der Waals surface area contributed by atoms with Gasteiger partial charge in [0.2, 0.25) is 0 Å². The fourth-order valence-electron chi connectivity index (χ4n) is 1.81. The lowest BCUT2D eigenvalue weighted by molar-refractivity contribution is 1.14. The standard InChI is InChI=1S/C11H7Cl2N3/c1-6-5-14-11-10(13)15-8-3-2-7(12)4-9(8)16(6)11/h2-5H,1H3. The predicted octanol–water partition coefficient (Wildman–Crippen LogP) is 3.50. The number of aryl methyl sites for hydroxylation is 1. The third kappa shape index (κ3) is 1.29. The molecule has 0 atom stereocenters. The Morgan fingerprint density at radius 3 is 2.88 bits per heavy atom. The lowest BCUT2D eigenvalue weighted by atomic mass is 10.3. The maximum Gasteiger partial charge on any atom is 0.175 e. The van der Waals surface area contributed by atoms with Gasteiger partial charge in [0.15, 0.2) is 10.8 Å².